The van der Waals surface area contributed by atoms with E-state index < -0.39 is 11.6 Å². The Bertz CT molecular complexity index is 644. The van der Waals surface area contributed by atoms with Crippen molar-refractivity contribution in [3.05, 3.63) is 16.6 Å². The molecular weight excluding hydrogens is 342 g/mol. The first-order chi connectivity index (χ1) is 11.7. The van der Waals surface area contributed by atoms with Crippen LogP contribution in [0.3, 0.4) is 0 Å². The van der Waals surface area contributed by atoms with Crippen LogP contribution in [0.15, 0.2) is 11.6 Å². The van der Waals surface area contributed by atoms with Crippen molar-refractivity contribution in [3.8, 4) is 0 Å². The Kier molecular flexibility index (Phi) is 4.28. The van der Waals surface area contributed by atoms with Crippen LogP contribution in [-0.2, 0) is 18.9 Å². The number of rotatable bonds is 4. The molecule has 2 saturated heterocycles. The number of carbonyl (C=O) groups excluding carboxylic acids is 1. The van der Waals surface area contributed by atoms with Crippen LogP contribution < -0.4 is 0 Å². The molecular formula is C18H25NO5S. The van der Waals surface area contributed by atoms with Crippen LogP contribution in [0.2, 0.25) is 0 Å². The predicted molar refractivity (Wildman–Crippen MR) is 91.4 cm³/mol. The Morgan fingerprint density at radius 3 is 2.60 bits per heavy atom. The first-order valence-corrected chi connectivity index (χ1v) is 9.72. The lowest BCUT2D eigenvalue weighted by atomic mass is 9.95. The van der Waals surface area contributed by atoms with Gasteiger partial charge in [0.25, 0.3) is 0 Å². The number of hydrogen-bond donors (Lipinski definition) is 0. The van der Waals surface area contributed by atoms with Gasteiger partial charge in [-0.3, -0.25) is 4.79 Å². The predicted octanol–water partition coefficient (Wildman–Crippen LogP) is 3.02. The highest BCUT2D eigenvalue weighted by Crippen LogP contribution is 2.49. The van der Waals surface area contributed by atoms with Gasteiger partial charge in [0.1, 0.15) is 0 Å². The second-order valence-corrected chi connectivity index (χ2v) is 8.95. The molecule has 3 fully saturated rings. The average molecular weight is 367 g/mol. The molecule has 7 heteroatoms. The molecule has 0 bridgehead atoms. The van der Waals surface area contributed by atoms with Gasteiger partial charge in [-0.15, -0.1) is 11.3 Å². The SMILES string of the molecule is CC1(C)OCC([C@H]2C[C@@H](CC(=O)c3nccs3)[C@H]3OC(C)(C)O[C@H]32)O1. The normalized spacial score (nSPS) is 38.8. The van der Waals surface area contributed by atoms with E-state index in [9.17, 15) is 4.79 Å². The summed E-state index contributed by atoms with van der Waals surface area (Å²) in [7, 11) is 0. The average Bonchev–Trinajstić information content (AvgIpc) is 3.24. The van der Waals surface area contributed by atoms with E-state index >= 15 is 0 Å². The molecule has 4 rings (SSSR count). The number of thiazole rings is 1. The standard InChI is InChI=1S/C18H25NO5S/c1-17(2)21-9-13(22-17)11-7-10(8-12(20)16-19-5-6-25-16)14-15(11)24-18(3,4)23-14/h5-6,10-11,13-15H,7-9H2,1-4H3/t10-,11+,13?,14+,15-/m0/s1. The molecule has 0 aromatic carbocycles. The number of ether oxygens (including phenoxy) is 4. The van der Waals surface area contributed by atoms with Crippen molar-refractivity contribution in [1.82, 2.24) is 4.98 Å². The van der Waals surface area contributed by atoms with Gasteiger partial charge in [-0.1, -0.05) is 0 Å². The Morgan fingerprint density at radius 2 is 1.96 bits per heavy atom. The highest BCUT2D eigenvalue weighted by atomic mass is 32.1. The largest absolute Gasteiger partial charge is 0.348 e. The van der Waals surface area contributed by atoms with Crippen LogP contribution in [0.5, 0.6) is 0 Å². The molecule has 3 heterocycles. The fourth-order valence-electron chi connectivity index (χ4n) is 4.31. The molecule has 0 radical (unpaired) electrons. The second kappa shape index (κ2) is 6.09. The van der Waals surface area contributed by atoms with E-state index in [0.29, 0.717) is 18.0 Å². The van der Waals surface area contributed by atoms with E-state index in [2.05, 4.69) is 4.98 Å². The molecule has 138 valence electrons. The minimum atomic E-state index is -0.633. The fraction of sp³-hybridized carbons (Fsp3) is 0.778. The number of aromatic nitrogens is 1. The summed E-state index contributed by atoms with van der Waals surface area (Å²) in [6.45, 7) is 8.27. The molecule has 0 N–H and O–H groups in total. The van der Waals surface area contributed by atoms with Gasteiger partial charge in [0.05, 0.1) is 24.9 Å². The zero-order valence-corrected chi connectivity index (χ0v) is 15.9. The van der Waals surface area contributed by atoms with E-state index in [1.807, 2.05) is 33.1 Å². The van der Waals surface area contributed by atoms with Crippen LogP contribution in [0.25, 0.3) is 0 Å². The van der Waals surface area contributed by atoms with E-state index in [0.717, 1.165) is 6.42 Å². The smallest absolute Gasteiger partial charge is 0.191 e. The molecule has 2 aliphatic heterocycles. The number of fused-ring (bicyclic) bond motifs is 1. The molecule has 1 aromatic rings. The van der Waals surface area contributed by atoms with Gasteiger partial charge >= 0.3 is 0 Å². The van der Waals surface area contributed by atoms with Crippen molar-refractivity contribution in [2.45, 2.75) is 70.4 Å². The Morgan fingerprint density at radius 1 is 1.20 bits per heavy atom. The summed E-state index contributed by atoms with van der Waals surface area (Å²) in [4.78, 5) is 16.7. The quantitative estimate of drug-likeness (QED) is 0.762. The highest BCUT2D eigenvalue weighted by Gasteiger charge is 2.57. The second-order valence-electron chi connectivity index (χ2n) is 8.06. The van der Waals surface area contributed by atoms with Crippen LogP contribution in [0.1, 0.15) is 50.3 Å². The lowest BCUT2D eigenvalue weighted by Crippen LogP contribution is -2.35. The van der Waals surface area contributed by atoms with Gasteiger partial charge < -0.3 is 18.9 Å². The highest BCUT2D eigenvalue weighted by molar-refractivity contribution is 7.11. The summed E-state index contributed by atoms with van der Waals surface area (Å²) in [6.07, 6.45) is 2.76. The van der Waals surface area contributed by atoms with Crippen LogP contribution in [0, 0.1) is 11.8 Å². The Balaban J connectivity index is 1.51. The van der Waals surface area contributed by atoms with Crippen molar-refractivity contribution >= 4 is 17.1 Å². The van der Waals surface area contributed by atoms with E-state index in [1.54, 1.807) is 6.20 Å². The fourth-order valence-corrected chi connectivity index (χ4v) is 4.89. The van der Waals surface area contributed by atoms with Gasteiger partial charge in [-0.25, -0.2) is 4.98 Å². The zero-order chi connectivity index (χ0) is 17.8. The van der Waals surface area contributed by atoms with Gasteiger partial charge in [-0.05, 0) is 40.0 Å². The number of ketones is 1. The van der Waals surface area contributed by atoms with Crippen molar-refractivity contribution < 1.29 is 23.7 Å². The van der Waals surface area contributed by atoms with Gasteiger partial charge in [-0.2, -0.15) is 0 Å². The Labute approximate surface area is 151 Å². The number of carbonyl (C=O) groups is 1. The lowest BCUT2D eigenvalue weighted by molar-refractivity contribution is -0.174. The maximum Gasteiger partial charge on any atom is 0.191 e. The Hall–Kier alpha value is -0.860. The summed E-state index contributed by atoms with van der Waals surface area (Å²) in [6, 6.07) is 0. The minimum absolute atomic E-state index is 0.0278. The zero-order valence-electron chi connectivity index (χ0n) is 15.1. The first kappa shape index (κ1) is 17.5. The van der Waals surface area contributed by atoms with Crippen molar-refractivity contribution in [2.75, 3.05) is 6.61 Å². The number of Topliss-reactive ketones (excluding diaryl/α,β-unsaturated/α-hetero) is 1. The molecule has 0 amide bonds. The third-order valence-corrected chi connectivity index (χ3v) is 6.07. The third kappa shape index (κ3) is 3.40. The summed E-state index contributed by atoms with van der Waals surface area (Å²) >= 11 is 1.39. The first-order valence-electron chi connectivity index (χ1n) is 8.84. The molecule has 1 unspecified atom stereocenters. The molecule has 25 heavy (non-hydrogen) atoms. The van der Waals surface area contributed by atoms with Crippen molar-refractivity contribution in [3.63, 3.8) is 0 Å². The van der Waals surface area contributed by atoms with Gasteiger partial charge in [0, 0.05) is 23.9 Å². The van der Waals surface area contributed by atoms with Crippen molar-refractivity contribution in [2.24, 2.45) is 11.8 Å². The molecule has 5 atom stereocenters. The summed E-state index contributed by atoms with van der Waals surface area (Å²) in [5.74, 6) is -0.838. The van der Waals surface area contributed by atoms with E-state index in [4.69, 9.17) is 18.9 Å². The maximum absolute atomic E-state index is 12.5. The van der Waals surface area contributed by atoms with Crippen molar-refractivity contribution in [1.29, 1.82) is 0 Å². The summed E-state index contributed by atoms with van der Waals surface area (Å²) < 4.78 is 24.2. The summed E-state index contributed by atoms with van der Waals surface area (Å²) in [5.41, 5.74) is 0. The molecule has 6 nitrogen and oxygen atoms in total. The molecule has 3 aliphatic rings. The van der Waals surface area contributed by atoms with E-state index in [-0.39, 0.29) is 35.9 Å². The number of hydrogen-bond acceptors (Lipinski definition) is 7. The molecule has 1 saturated carbocycles. The molecule has 1 aliphatic carbocycles. The maximum atomic E-state index is 12.5. The van der Waals surface area contributed by atoms with Crippen LogP contribution in [0.4, 0.5) is 0 Å². The van der Waals surface area contributed by atoms with Gasteiger partial charge in [0.15, 0.2) is 22.4 Å². The molecule has 1 aromatic heterocycles. The molecule has 0 spiro atoms. The monoisotopic (exact) mass is 367 g/mol. The van der Waals surface area contributed by atoms with Crippen LogP contribution >= 0.6 is 11.3 Å². The topological polar surface area (TPSA) is 66.9 Å². The lowest BCUT2D eigenvalue weighted by Gasteiger charge is -2.26. The van der Waals surface area contributed by atoms with Crippen LogP contribution in [-0.4, -0.2) is 47.3 Å². The van der Waals surface area contributed by atoms with Gasteiger partial charge in [0.2, 0.25) is 0 Å². The summed E-state index contributed by atoms with van der Waals surface area (Å²) in [5, 5.41) is 2.40. The van der Waals surface area contributed by atoms with E-state index in [1.165, 1.54) is 11.3 Å². The number of nitrogens with zero attached hydrogens (tertiary/aromatic N) is 1. The third-order valence-electron chi connectivity index (χ3n) is 5.25. The minimum Gasteiger partial charge on any atom is -0.348 e.